The summed E-state index contributed by atoms with van der Waals surface area (Å²) in [6, 6.07) is 0. The van der Waals surface area contributed by atoms with Crippen molar-refractivity contribution < 1.29 is 5.11 Å². The van der Waals surface area contributed by atoms with Gasteiger partial charge in [0.15, 0.2) is 0 Å². The smallest absolute Gasteiger partial charge is 0.0667 e. The molecule has 0 saturated carbocycles. The van der Waals surface area contributed by atoms with Gasteiger partial charge in [0.25, 0.3) is 0 Å². The second-order valence-electron chi connectivity index (χ2n) is 8.69. The minimum absolute atomic E-state index is 0.159. The number of rotatable bonds is 18. The number of nitrogens with zero attached hydrogens (tertiary/aromatic N) is 3. The van der Waals surface area contributed by atoms with E-state index in [4.69, 9.17) is 5.73 Å². The Hall–Kier alpha value is -0.200. The molecule has 0 bridgehead atoms. The molecule has 1 unspecified atom stereocenters. The van der Waals surface area contributed by atoms with E-state index in [0.717, 1.165) is 78.3 Å². The molecule has 1 heterocycles. The molecule has 28 heavy (non-hydrogen) atoms. The van der Waals surface area contributed by atoms with Crippen LogP contribution in [-0.2, 0) is 0 Å². The Morgan fingerprint density at radius 1 is 0.786 bits per heavy atom. The van der Waals surface area contributed by atoms with Gasteiger partial charge in [0.05, 0.1) is 6.10 Å². The molecule has 5 heteroatoms. The highest BCUT2D eigenvalue weighted by atomic mass is 16.3. The molecule has 1 atom stereocenters. The first kappa shape index (κ1) is 25.8. The van der Waals surface area contributed by atoms with Crippen molar-refractivity contribution in [1.29, 1.82) is 0 Å². The first-order valence-electron chi connectivity index (χ1n) is 12.2. The summed E-state index contributed by atoms with van der Waals surface area (Å²) >= 11 is 0. The summed E-state index contributed by atoms with van der Waals surface area (Å²) < 4.78 is 0. The van der Waals surface area contributed by atoms with E-state index >= 15 is 0 Å². The summed E-state index contributed by atoms with van der Waals surface area (Å²) in [5.41, 5.74) is 5.66. The van der Waals surface area contributed by atoms with Crippen LogP contribution in [0.2, 0.25) is 0 Å². The van der Waals surface area contributed by atoms with Gasteiger partial charge in [-0.05, 0) is 19.4 Å². The van der Waals surface area contributed by atoms with E-state index in [2.05, 4.69) is 28.5 Å². The fourth-order valence-corrected chi connectivity index (χ4v) is 4.22. The molecule has 1 fully saturated rings. The maximum absolute atomic E-state index is 10.5. The van der Waals surface area contributed by atoms with Gasteiger partial charge >= 0.3 is 0 Å². The lowest BCUT2D eigenvalue weighted by Gasteiger charge is -2.36. The number of unbranched alkanes of at least 4 members (excludes halogenated alkanes) is 7. The van der Waals surface area contributed by atoms with Crippen molar-refractivity contribution in [2.75, 3.05) is 65.4 Å². The number of hydrogen-bond acceptors (Lipinski definition) is 5. The van der Waals surface area contributed by atoms with E-state index in [1.165, 1.54) is 51.4 Å². The molecular formula is C23H50N4O. The van der Waals surface area contributed by atoms with Gasteiger partial charge < -0.3 is 10.8 Å². The molecule has 0 radical (unpaired) electrons. The second-order valence-corrected chi connectivity index (χ2v) is 8.69. The molecule has 1 rings (SSSR count). The van der Waals surface area contributed by atoms with Crippen molar-refractivity contribution in [2.45, 2.75) is 84.2 Å². The molecule has 1 aliphatic rings. The van der Waals surface area contributed by atoms with Crippen molar-refractivity contribution >= 4 is 0 Å². The zero-order valence-corrected chi connectivity index (χ0v) is 19.1. The highest BCUT2D eigenvalue weighted by Gasteiger charge is 2.17. The Balaban J connectivity index is 2.11. The molecule has 3 N–H and O–H groups in total. The van der Waals surface area contributed by atoms with E-state index in [0.29, 0.717) is 0 Å². The highest BCUT2D eigenvalue weighted by molar-refractivity contribution is 4.74. The minimum Gasteiger partial charge on any atom is -0.392 e. The predicted molar refractivity (Wildman–Crippen MR) is 122 cm³/mol. The second kappa shape index (κ2) is 17.6. The van der Waals surface area contributed by atoms with Gasteiger partial charge in [0, 0.05) is 58.9 Å². The summed E-state index contributed by atoms with van der Waals surface area (Å²) in [5, 5.41) is 10.5. The standard InChI is InChI=1S/C23H50N4O/c1-3-5-6-7-8-9-10-11-12-23(28)22-27(14-4-2)21-20-26-18-16-25(15-13-24)17-19-26/h23,28H,3-22,24H2,1-2H3. The van der Waals surface area contributed by atoms with Crippen molar-refractivity contribution in [2.24, 2.45) is 5.73 Å². The summed E-state index contributed by atoms with van der Waals surface area (Å²) in [5.74, 6) is 0. The summed E-state index contributed by atoms with van der Waals surface area (Å²) in [6.07, 6.45) is 12.6. The third-order valence-corrected chi connectivity index (χ3v) is 6.04. The first-order chi connectivity index (χ1) is 13.7. The zero-order valence-electron chi connectivity index (χ0n) is 19.1. The summed E-state index contributed by atoms with van der Waals surface area (Å²) in [6.45, 7) is 15.1. The molecule has 1 aliphatic heterocycles. The van der Waals surface area contributed by atoms with Gasteiger partial charge in [-0.1, -0.05) is 65.2 Å². The Kier molecular flexibility index (Phi) is 16.3. The van der Waals surface area contributed by atoms with E-state index in [-0.39, 0.29) is 6.10 Å². The maximum atomic E-state index is 10.5. The number of aliphatic hydroxyl groups is 1. The summed E-state index contributed by atoms with van der Waals surface area (Å²) in [4.78, 5) is 7.51. The number of hydrogen-bond donors (Lipinski definition) is 2. The monoisotopic (exact) mass is 398 g/mol. The largest absolute Gasteiger partial charge is 0.392 e. The van der Waals surface area contributed by atoms with Crippen molar-refractivity contribution in [3.8, 4) is 0 Å². The van der Waals surface area contributed by atoms with Gasteiger partial charge in [-0.3, -0.25) is 14.7 Å². The third-order valence-electron chi connectivity index (χ3n) is 6.04. The minimum atomic E-state index is -0.159. The van der Waals surface area contributed by atoms with Crippen LogP contribution >= 0.6 is 0 Å². The Labute approximate surface area is 175 Å². The van der Waals surface area contributed by atoms with Gasteiger partial charge in [0.1, 0.15) is 0 Å². The van der Waals surface area contributed by atoms with Gasteiger partial charge in [0.2, 0.25) is 0 Å². The fraction of sp³-hybridized carbons (Fsp3) is 1.00. The average molecular weight is 399 g/mol. The number of nitrogens with two attached hydrogens (primary N) is 1. The van der Waals surface area contributed by atoms with Crippen LogP contribution in [0.25, 0.3) is 0 Å². The van der Waals surface area contributed by atoms with Crippen LogP contribution in [0, 0.1) is 0 Å². The zero-order chi connectivity index (χ0) is 20.5. The molecule has 0 aliphatic carbocycles. The molecule has 0 aromatic rings. The maximum Gasteiger partial charge on any atom is 0.0667 e. The van der Waals surface area contributed by atoms with Crippen molar-refractivity contribution in [1.82, 2.24) is 14.7 Å². The fourth-order valence-electron chi connectivity index (χ4n) is 4.22. The molecule has 1 saturated heterocycles. The van der Waals surface area contributed by atoms with Gasteiger partial charge in [-0.15, -0.1) is 0 Å². The molecule has 0 spiro atoms. The topological polar surface area (TPSA) is 56.0 Å². The van der Waals surface area contributed by atoms with Crippen LogP contribution in [0.5, 0.6) is 0 Å². The van der Waals surface area contributed by atoms with Crippen LogP contribution in [0.1, 0.15) is 78.1 Å². The Bertz CT molecular complexity index is 335. The highest BCUT2D eigenvalue weighted by Crippen LogP contribution is 2.11. The number of aliphatic hydroxyl groups excluding tert-OH is 1. The van der Waals surface area contributed by atoms with Crippen LogP contribution in [0.3, 0.4) is 0 Å². The predicted octanol–water partition coefficient (Wildman–Crippen LogP) is 3.17. The molecule has 168 valence electrons. The first-order valence-corrected chi connectivity index (χ1v) is 12.2. The van der Waals surface area contributed by atoms with Crippen LogP contribution in [0.15, 0.2) is 0 Å². The average Bonchev–Trinajstić information content (AvgIpc) is 2.69. The Morgan fingerprint density at radius 3 is 1.93 bits per heavy atom. The van der Waals surface area contributed by atoms with Crippen molar-refractivity contribution in [3.05, 3.63) is 0 Å². The molecule has 0 aromatic carbocycles. The SMILES string of the molecule is CCCCCCCCCCC(O)CN(CCC)CCN1CCN(CCN)CC1. The summed E-state index contributed by atoms with van der Waals surface area (Å²) in [7, 11) is 0. The van der Waals surface area contributed by atoms with E-state index in [1.54, 1.807) is 0 Å². The van der Waals surface area contributed by atoms with E-state index in [9.17, 15) is 5.11 Å². The molecule has 5 nitrogen and oxygen atoms in total. The van der Waals surface area contributed by atoms with Crippen molar-refractivity contribution in [3.63, 3.8) is 0 Å². The Morgan fingerprint density at radius 2 is 1.36 bits per heavy atom. The molecule has 0 amide bonds. The van der Waals surface area contributed by atoms with Crippen LogP contribution < -0.4 is 5.73 Å². The lowest BCUT2D eigenvalue weighted by Crippen LogP contribution is -2.49. The third kappa shape index (κ3) is 13.1. The normalized spacial score (nSPS) is 17.5. The van der Waals surface area contributed by atoms with Gasteiger partial charge in [-0.2, -0.15) is 0 Å². The van der Waals surface area contributed by atoms with E-state index in [1.807, 2.05) is 0 Å². The quantitative estimate of drug-likeness (QED) is 0.347. The lowest BCUT2D eigenvalue weighted by molar-refractivity contribution is 0.0840. The molecular weight excluding hydrogens is 348 g/mol. The lowest BCUT2D eigenvalue weighted by atomic mass is 10.1. The van der Waals surface area contributed by atoms with Crippen LogP contribution in [0.4, 0.5) is 0 Å². The molecule has 0 aromatic heterocycles. The van der Waals surface area contributed by atoms with E-state index < -0.39 is 0 Å². The van der Waals surface area contributed by atoms with Gasteiger partial charge in [-0.25, -0.2) is 0 Å². The number of piperazine rings is 1. The van der Waals surface area contributed by atoms with Crippen LogP contribution in [-0.4, -0.2) is 91.4 Å².